The zero-order valence-corrected chi connectivity index (χ0v) is 22.9. The minimum absolute atomic E-state index is 0.179. The van der Waals surface area contributed by atoms with Crippen molar-refractivity contribution in [1.29, 1.82) is 0 Å². The van der Waals surface area contributed by atoms with Crippen molar-refractivity contribution in [2.45, 2.75) is 14.7 Å². The molecule has 1 heterocycles. The zero-order chi connectivity index (χ0) is 26.3. The first kappa shape index (κ1) is 27.3. The molecule has 0 spiro atoms. The van der Waals surface area contributed by atoms with Crippen LogP contribution in [0.5, 0.6) is 0 Å². The summed E-state index contributed by atoms with van der Waals surface area (Å²) in [5, 5.41) is 0.893. The van der Waals surface area contributed by atoms with Gasteiger partial charge in [0.25, 0.3) is 0 Å². The van der Waals surface area contributed by atoms with E-state index in [0.717, 1.165) is 12.9 Å². The summed E-state index contributed by atoms with van der Waals surface area (Å²) < 4.78 is 82.8. The van der Waals surface area contributed by atoms with Gasteiger partial charge < -0.3 is 0 Å². The molecule has 0 bridgehead atoms. The van der Waals surface area contributed by atoms with Crippen LogP contribution in [-0.2, 0) is 30.1 Å². The average molecular weight is 611 g/mol. The largest absolute Gasteiger partial charge is 0.245 e. The highest BCUT2D eigenvalue weighted by molar-refractivity contribution is 7.90. The predicted octanol–water partition coefficient (Wildman–Crippen LogP) is 3.91. The number of hydrogen-bond donors (Lipinski definition) is 0. The number of nitrogens with zero attached hydrogens (tertiary/aromatic N) is 3. The monoisotopic (exact) mass is 609 g/mol. The van der Waals surface area contributed by atoms with Crippen LogP contribution in [0.4, 0.5) is 0 Å². The van der Waals surface area contributed by atoms with Gasteiger partial charge in [0.05, 0.1) is 34.7 Å². The molecule has 1 aliphatic rings. The van der Waals surface area contributed by atoms with Crippen molar-refractivity contribution in [2.24, 2.45) is 0 Å². The Balaban J connectivity index is 1.79. The van der Waals surface area contributed by atoms with E-state index in [1.165, 1.54) is 72.8 Å². The van der Waals surface area contributed by atoms with Gasteiger partial charge in [0.15, 0.2) is 0 Å². The molecule has 9 nitrogen and oxygen atoms in total. The fourth-order valence-corrected chi connectivity index (χ4v) is 8.07. The summed E-state index contributed by atoms with van der Waals surface area (Å²) in [6.07, 6.45) is 0. The molecule has 0 unspecified atom stereocenters. The molecular formula is C21H18Cl3N3O6S3. The molecule has 1 fully saturated rings. The molecular weight excluding hydrogens is 593 g/mol. The molecule has 1 aliphatic heterocycles. The van der Waals surface area contributed by atoms with Crippen molar-refractivity contribution in [1.82, 2.24) is 12.9 Å². The Kier molecular flexibility index (Phi) is 7.73. The summed E-state index contributed by atoms with van der Waals surface area (Å²) in [5.41, 5.74) is 0. The van der Waals surface area contributed by atoms with E-state index in [-0.39, 0.29) is 14.7 Å². The van der Waals surface area contributed by atoms with Crippen LogP contribution in [0, 0.1) is 0 Å². The SMILES string of the molecule is O=S(=O)(c1ccc(Cl)cc1)N1CN(S(=O)(=O)c2ccc(Cl)cc2)CN(S(=O)(=O)c2ccc(Cl)cc2)C1. The van der Waals surface area contributed by atoms with Crippen LogP contribution in [0.25, 0.3) is 0 Å². The second-order valence-electron chi connectivity index (χ2n) is 7.66. The second kappa shape index (κ2) is 10.2. The van der Waals surface area contributed by atoms with Crippen molar-refractivity contribution in [3.05, 3.63) is 87.9 Å². The van der Waals surface area contributed by atoms with Gasteiger partial charge in [-0.05, 0) is 72.8 Å². The zero-order valence-electron chi connectivity index (χ0n) is 18.2. The third kappa shape index (κ3) is 5.42. The van der Waals surface area contributed by atoms with Gasteiger partial charge >= 0.3 is 0 Å². The van der Waals surface area contributed by atoms with Gasteiger partial charge in [-0.1, -0.05) is 34.8 Å². The molecule has 15 heteroatoms. The van der Waals surface area contributed by atoms with Crippen molar-refractivity contribution in [2.75, 3.05) is 20.0 Å². The number of rotatable bonds is 6. The van der Waals surface area contributed by atoms with Crippen LogP contribution in [0.15, 0.2) is 87.5 Å². The number of benzene rings is 3. The van der Waals surface area contributed by atoms with Crippen LogP contribution >= 0.6 is 34.8 Å². The maximum Gasteiger partial charge on any atom is 0.245 e. The van der Waals surface area contributed by atoms with Crippen molar-refractivity contribution < 1.29 is 25.3 Å². The highest BCUT2D eigenvalue weighted by Crippen LogP contribution is 2.29. The van der Waals surface area contributed by atoms with Crippen molar-refractivity contribution in [3.63, 3.8) is 0 Å². The van der Waals surface area contributed by atoms with E-state index >= 15 is 0 Å². The summed E-state index contributed by atoms with van der Waals surface area (Å²) in [4.78, 5) is -0.538. The van der Waals surface area contributed by atoms with Gasteiger partial charge in [-0.15, -0.1) is 0 Å². The highest BCUT2D eigenvalue weighted by Gasteiger charge is 2.42. The summed E-state index contributed by atoms with van der Waals surface area (Å²) >= 11 is 17.6. The fraction of sp³-hybridized carbons (Fsp3) is 0.143. The summed E-state index contributed by atoms with van der Waals surface area (Å²) in [5.74, 6) is 0. The van der Waals surface area contributed by atoms with Crippen molar-refractivity contribution >= 4 is 64.9 Å². The molecule has 0 amide bonds. The minimum atomic E-state index is -4.32. The molecule has 1 saturated heterocycles. The molecule has 0 atom stereocenters. The lowest BCUT2D eigenvalue weighted by molar-refractivity contribution is 0.127. The second-order valence-corrected chi connectivity index (χ2v) is 14.8. The molecule has 192 valence electrons. The lowest BCUT2D eigenvalue weighted by atomic mass is 10.4. The lowest BCUT2D eigenvalue weighted by Crippen LogP contribution is -2.59. The van der Waals surface area contributed by atoms with E-state index in [1.807, 2.05) is 0 Å². The van der Waals surface area contributed by atoms with E-state index in [2.05, 4.69) is 0 Å². The van der Waals surface area contributed by atoms with Crippen LogP contribution in [0.2, 0.25) is 15.1 Å². The molecule has 0 N–H and O–H groups in total. The lowest BCUT2D eigenvalue weighted by Gasteiger charge is -2.39. The molecule has 0 aliphatic carbocycles. The van der Waals surface area contributed by atoms with Gasteiger partial charge in [-0.3, -0.25) is 0 Å². The Bertz CT molecular complexity index is 1380. The maximum atomic E-state index is 13.4. The van der Waals surface area contributed by atoms with E-state index in [4.69, 9.17) is 34.8 Å². The van der Waals surface area contributed by atoms with E-state index in [1.54, 1.807) is 0 Å². The summed E-state index contributed by atoms with van der Waals surface area (Å²) in [6.45, 7) is -1.87. The number of halogens is 3. The fourth-order valence-electron chi connectivity index (χ4n) is 3.38. The van der Waals surface area contributed by atoms with E-state index in [0.29, 0.717) is 15.1 Å². The van der Waals surface area contributed by atoms with Gasteiger partial charge in [0, 0.05) is 15.1 Å². The predicted molar refractivity (Wildman–Crippen MR) is 136 cm³/mol. The molecule has 0 saturated carbocycles. The molecule has 0 radical (unpaired) electrons. The van der Waals surface area contributed by atoms with Crippen LogP contribution < -0.4 is 0 Å². The van der Waals surface area contributed by atoms with Gasteiger partial charge in [0.2, 0.25) is 30.1 Å². The van der Waals surface area contributed by atoms with E-state index < -0.39 is 50.1 Å². The smallest absolute Gasteiger partial charge is 0.207 e. The average Bonchev–Trinajstić information content (AvgIpc) is 2.84. The highest BCUT2D eigenvalue weighted by atomic mass is 35.5. The number of sulfonamides is 3. The van der Waals surface area contributed by atoms with Crippen molar-refractivity contribution in [3.8, 4) is 0 Å². The van der Waals surface area contributed by atoms with Crippen LogP contribution in [0.3, 0.4) is 0 Å². The topological polar surface area (TPSA) is 112 Å². The Morgan fingerprint density at radius 3 is 0.806 bits per heavy atom. The van der Waals surface area contributed by atoms with Gasteiger partial charge in [-0.2, -0.15) is 12.9 Å². The molecule has 3 aromatic rings. The quantitative estimate of drug-likeness (QED) is 0.419. The summed E-state index contributed by atoms with van der Waals surface area (Å²) in [7, 11) is -13.0. The standard InChI is InChI=1S/C21H18Cl3N3O6S3/c22-16-1-7-19(8-2-16)34(28,29)25-13-26(35(30,31)20-9-3-17(23)4-10-20)15-27(14-25)36(32,33)21-11-5-18(24)6-12-21/h1-12H,13-15H2. The normalized spacial score (nSPS) is 16.8. The Labute approximate surface area is 224 Å². The molecule has 3 aromatic carbocycles. The molecule has 0 aromatic heterocycles. The van der Waals surface area contributed by atoms with Gasteiger partial charge in [-0.25, -0.2) is 25.3 Å². The molecule has 36 heavy (non-hydrogen) atoms. The maximum absolute atomic E-state index is 13.4. The Hall–Kier alpha value is -1.74. The third-order valence-corrected chi connectivity index (χ3v) is 11.4. The van der Waals surface area contributed by atoms with Gasteiger partial charge in [0.1, 0.15) is 0 Å². The first-order valence-electron chi connectivity index (χ1n) is 10.1. The van der Waals surface area contributed by atoms with Crippen LogP contribution in [-0.4, -0.2) is 58.2 Å². The molecule has 4 rings (SSSR count). The van der Waals surface area contributed by atoms with Crippen LogP contribution in [0.1, 0.15) is 0 Å². The minimum Gasteiger partial charge on any atom is -0.207 e. The first-order valence-corrected chi connectivity index (χ1v) is 15.5. The van der Waals surface area contributed by atoms with E-state index in [9.17, 15) is 25.3 Å². The first-order chi connectivity index (χ1) is 16.8. The Morgan fingerprint density at radius 2 is 0.611 bits per heavy atom. The number of hydrogen-bond acceptors (Lipinski definition) is 6. The summed E-state index contributed by atoms with van der Waals surface area (Å²) in [6, 6.07) is 15.7. The Morgan fingerprint density at radius 1 is 0.417 bits per heavy atom. The third-order valence-electron chi connectivity index (χ3n) is 5.30.